The Morgan fingerprint density at radius 3 is 3.00 bits per heavy atom. The Labute approximate surface area is 119 Å². The van der Waals surface area contributed by atoms with E-state index in [0.717, 1.165) is 15.7 Å². The van der Waals surface area contributed by atoms with Crippen LogP contribution in [0.1, 0.15) is 10.5 Å². The zero-order chi connectivity index (χ0) is 13.7. The number of hydrazine groups is 1. The maximum atomic E-state index is 11.2. The van der Waals surface area contributed by atoms with Gasteiger partial charge in [0.05, 0.1) is 17.8 Å². The second-order valence-corrected chi connectivity index (χ2v) is 5.16. The highest BCUT2D eigenvalue weighted by molar-refractivity contribution is 7.99. The first kappa shape index (κ1) is 13.9. The number of hydrogen-bond donors (Lipinski definition) is 2. The Morgan fingerprint density at radius 1 is 1.47 bits per heavy atom. The summed E-state index contributed by atoms with van der Waals surface area (Å²) in [6.45, 7) is 0.626. The molecule has 100 valence electrons. The smallest absolute Gasteiger partial charge is 0.287 e. The quantitative estimate of drug-likeness (QED) is 0.376. The van der Waals surface area contributed by atoms with Crippen LogP contribution in [0.5, 0.6) is 0 Å². The molecule has 0 spiro atoms. The molecule has 0 saturated carbocycles. The minimum atomic E-state index is -0.454. The van der Waals surface area contributed by atoms with Gasteiger partial charge in [0.25, 0.3) is 5.91 Å². The summed E-state index contributed by atoms with van der Waals surface area (Å²) in [6, 6.07) is 7.64. The molecule has 6 nitrogen and oxygen atoms in total. The summed E-state index contributed by atoms with van der Waals surface area (Å²) in [5, 5.41) is 8.29. The first-order valence-electron chi connectivity index (χ1n) is 5.49. The molecule has 0 unspecified atom stereocenters. The molecule has 1 heterocycles. The highest BCUT2D eigenvalue weighted by Crippen LogP contribution is 2.26. The number of thioether (sulfide) groups is 1. The van der Waals surface area contributed by atoms with Crippen LogP contribution in [0.3, 0.4) is 0 Å². The second kappa shape index (κ2) is 6.55. The Hall–Kier alpha value is -1.57. The number of hydrogen-bond acceptors (Lipinski definition) is 5. The van der Waals surface area contributed by atoms with E-state index in [1.54, 1.807) is 22.6 Å². The van der Waals surface area contributed by atoms with E-state index < -0.39 is 5.91 Å². The minimum absolute atomic E-state index is 0.199. The molecular weight excluding hydrogens is 286 g/mol. The molecule has 0 atom stereocenters. The fourth-order valence-electron chi connectivity index (χ4n) is 1.40. The van der Waals surface area contributed by atoms with E-state index in [1.807, 2.05) is 29.7 Å². The maximum Gasteiger partial charge on any atom is 0.287 e. The van der Waals surface area contributed by atoms with Crippen LogP contribution in [0.4, 0.5) is 0 Å². The molecule has 0 saturated heterocycles. The first-order valence-corrected chi connectivity index (χ1v) is 6.85. The van der Waals surface area contributed by atoms with E-state index in [0.29, 0.717) is 6.54 Å². The van der Waals surface area contributed by atoms with E-state index in [4.69, 9.17) is 17.4 Å². The number of aryl methyl sites for hydroxylation is 1. The molecule has 0 radical (unpaired) electrons. The van der Waals surface area contributed by atoms with Crippen molar-refractivity contribution in [3.63, 3.8) is 0 Å². The van der Waals surface area contributed by atoms with Crippen LogP contribution in [0.15, 0.2) is 35.4 Å². The third-order valence-electron chi connectivity index (χ3n) is 2.32. The van der Waals surface area contributed by atoms with Gasteiger partial charge in [0.15, 0.2) is 5.69 Å². The van der Waals surface area contributed by atoms with Crippen LogP contribution in [-0.2, 0) is 6.54 Å². The summed E-state index contributed by atoms with van der Waals surface area (Å²) in [7, 11) is 0. The van der Waals surface area contributed by atoms with Crippen molar-refractivity contribution in [2.45, 2.75) is 11.4 Å². The topological polar surface area (TPSA) is 85.8 Å². The van der Waals surface area contributed by atoms with Crippen molar-refractivity contribution < 1.29 is 4.79 Å². The number of amides is 1. The molecule has 19 heavy (non-hydrogen) atoms. The predicted octanol–water partition coefficient (Wildman–Crippen LogP) is 1.33. The Morgan fingerprint density at radius 2 is 2.26 bits per heavy atom. The fourth-order valence-corrected chi connectivity index (χ4v) is 2.57. The molecular formula is C11H12ClN5OS. The van der Waals surface area contributed by atoms with Crippen molar-refractivity contribution in [1.29, 1.82) is 0 Å². The third kappa shape index (κ3) is 3.69. The summed E-state index contributed by atoms with van der Waals surface area (Å²) in [5.74, 6) is 5.33. The van der Waals surface area contributed by atoms with Crippen molar-refractivity contribution in [1.82, 2.24) is 20.4 Å². The average molecular weight is 298 g/mol. The second-order valence-electron chi connectivity index (χ2n) is 3.62. The van der Waals surface area contributed by atoms with Gasteiger partial charge in [-0.05, 0) is 12.1 Å². The molecule has 2 rings (SSSR count). The molecule has 8 heteroatoms. The van der Waals surface area contributed by atoms with Crippen molar-refractivity contribution >= 4 is 29.3 Å². The lowest BCUT2D eigenvalue weighted by molar-refractivity contribution is 0.0948. The number of nitrogens with two attached hydrogens (primary N) is 1. The molecule has 0 bridgehead atoms. The fraction of sp³-hybridized carbons (Fsp3) is 0.182. The van der Waals surface area contributed by atoms with E-state index in [-0.39, 0.29) is 5.69 Å². The number of carbonyl (C=O) groups excluding carboxylic acids is 1. The number of rotatable bonds is 5. The lowest BCUT2D eigenvalue weighted by Gasteiger charge is -2.03. The predicted molar refractivity (Wildman–Crippen MR) is 73.9 cm³/mol. The highest BCUT2D eigenvalue weighted by atomic mass is 35.5. The monoisotopic (exact) mass is 297 g/mol. The van der Waals surface area contributed by atoms with Crippen molar-refractivity contribution in [3.8, 4) is 0 Å². The van der Waals surface area contributed by atoms with Gasteiger partial charge in [0, 0.05) is 10.6 Å². The van der Waals surface area contributed by atoms with Crippen LogP contribution >= 0.6 is 23.4 Å². The highest BCUT2D eigenvalue weighted by Gasteiger charge is 2.08. The lowest BCUT2D eigenvalue weighted by atomic mass is 10.4. The molecule has 1 amide bonds. The third-order valence-corrected chi connectivity index (χ3v) is 3.81. The van der Waals surface area contributed by atoms with Gasteiger partial charge in [-0.1, -0.05) is 28.9 Å². The van der Waals surface area contributed by atoms with Gasteiger partial charge in [-0.15, -0.1) is 16.9 Å². The Balaban J connectivity index is 1.88. The van der Waals surface area contributed by atoms with E-state index in [1.165, 1.54) is 0 Å². The van der Waals surface area contributed by atoms with Gasteiger partial charge in [0.1, 0.15) is 0 Å². The number of aromatic nitrogens is 3. The summed E-state index contributed by atoms with van der Waals surface area (Å²) < 4.78 is 1.59. The largest absolute Gasteiger partial charge is 0.289 e. The average Bonchev–Trinajstić information content (AvgIpc) is 2.89. The summed E-state index contributed by atoms with van der Waals surface area (Å²) in [4.78, 5) is 12.2. The molecule has 0 aliphatic carbocycles. The molecule has 0 fully saturated rings. The van der Waals surface area contributed by atoms with Crippen LogP contribution in [0.2, 0.25) is 5.02 Å². The van der Waals surface area contributed by atoms with Crippen LogP contribution in [-0.4, -0.2) is 26.7 Å². The number of nitrogens with one attached hydrogen (secondary N) is 1. The molecule has 2 aromatic rings. The molecule has 1 aromatic heterocycles. The van der Waals surface area contributed by atoms with Gasteiger partial charge in [-0.25, -0.2) is 5.84 Å². The van der Waals surface area contributed by atoms with Crippen LogP contribution < -0.4 is 11.3 Å². The van der Waals surface area contributed by atoms with Gasteiger partial charge in [-0.3, -0.25) is 14.9 Å². The maximum absolute atomic E-state index is 11.2. The van der Waals surface area contributed by atoms with Crippen molar-refractivity contribution in [2.75, 3.05) is 5.75 Å². The number of nitrogen functional groups attached to an aromatic ring is 1. The number of nitrogens with zero attached hydrogens (tertiary/aromatic N) is 3. The molecule has 0 aliphatic rings. The SMILES string of the molecule is NNC(=O)c1cn(CCSc2ccccc2Cl)nn1. The number of carbonyl (C=O) groups is 1. The van der Waals surface area contributed by atoms with Gasteiger partial charge in [0.2, 0.25) is 0 Å². The van der Waals surface area contributed by atoms with Gasteiger partial charge in [-0.2, -0.15) is 0 Å². The summed E-state index contributed by atoms with van der Waals surface area (Å²) in [6.07, 6.45) is 1.55. The zero-order valence-electron chi connectivity index (χ0n) is 9.91. The summed E-state index contributed by atoms with van der Waals surface area (Å²) in [5.41, 5.74) is 2.21. The van der Waals surface area contributed by atoms with Crippen LogP contribution in [0, 0.1) is 0 Å². The van der Waals surface area contributed by atoms with Gasteiger partial charge < -0.3 is 0 Å². The Bertz CT molecular complexity index is 574. The van der Waals surface area contributed by atoms with Crippen molar-refractivity contribution in [2.24, 2.45) is 5.84 Å². The zero-order valence-corrected chi connectivity index (χ0v) is 11.5. The number of benzene rings is 1. The molecule has 0 aliphatic heterocycles. The first-order chi connectivity index (χ1) is 9.20. The summed E-state index contributed by atoms with van der Waals surface area (Å²) >= 11 is 7.67. The minimum Gasteiger partial charge on any atom is -0.289 e. The lowest BCUT2D eigenvalue weighted by Crippen LogP contribution is -2.30. The van der Waals surface area contributed by atoms with Crippen molar-refractivity contribution in [3.05, 3.63) is 41.2 Å². The molecule has 3 N–H and O–H groups in total. The standard InChI is InChI=1S/C11H12ClN5OS/c12-8-3-1-2-4-10(8)19-6-5-17-7-9(15-16-17)11(18)14-13/h1-4,7H,5-6,13H2,(H,14,18). The van der Waals surface area contributed by atoms with Crippen LogP contribution in [0.25, 0.3) is 0 Å². The normalized spacial score (nSPS) is 10.4. The van der Waals surface area contributed by atoms with E-state index >= 15 is 0 Å². The van der Waals surface area contributed by atoms with E-state index in [2.05, 4.69) is 10.3 Å². The van der Waals surface area contributed by atoms with E-state index in [9.17, 15) is 4.79 Å². The number of halogens is 1. The Kier molecular flexibility index (Phi) is 4.78. The van der Waals surface area contributed by atoms with Gasteiger partial charge >= 0.3 is 0 Å². The molecule has 1 aromatic carbocycles.